The molecular weight excluding hydrogens is 637 g/mol. The molecule has 258 valence electrons. The summed E-state index contributed by atoms with van der Waals surface area (Å²) in [5, 5.41) is 31.4. The van der Waals surface area contributed by atoms with Crippen molar-refractivity contribution in [2.45, 2.75) is 19.6 Å². The van der Waals surface area contributed by atoms with Gasteiger partial charge < -0.3 is 15.3 Å². The molecule has 1 aliphatic heterocycles. The Morgan fingerprint density at radius 3 is 0.902 bits per heavy atom. The van der Waals surface area contributed by atoms with Crippen LogP contribution in [0.4, 0.5) is 0 Å². The molecule has 4 heterocycles. The van der Waals surface area contributed by atoms with E-state index in [4.69, 9.17) is 15.0 Å². The van der Waals surface area contributed by atoms with Crippen molar-refractivity contribution >= 4 is 0 Å². The first kappa shape index (κ1) is 33.9. The lowest BCUT2D eigenvalue weighted by Crippen LogP contribution is -2.35. The van der Waals surface area contributed by atoms with Gasteiger partial charge in [-0.1, -0.05) is 54.6 Å². The van der Waals surface area contributed by atoms with Gasteiger partial charge in [0.15, 0.2) is 0 Å². The molecule has 0 atom stereocenters. The van der Waals surface area contributed by atoms with Crippen LogP contribution in [0.5, 0.6) is 17.2 Å². The summed E-state index contributed by atoms with van der Waals surface area (Å²) >= 11 is 0. The minimum atomic E-state index is 0.219. The van der Waals surface area contributed by atoms with Gasteiger partial charge in [-0.15, -0.1) is 0 Å². The standard InChI is InChI=1S/C42H42N6O3/c49-40-19-4-1-13-34(40)37-16-7-10-31(43-37)28-46-22-24-47(29-32-11-8-17-38(44-32)35-14-2-5-20-41(35)50)26-27-48(25-23-46)30-33-12-9-18-39(45-33)36-15-3-6-21-42(36)51/h1-21,49-51H,22-30H2. The van der Waals surface area contributed by atoms with Crippen LogP contribution in [0, 0.1) is 0 Å². The Kier molecular flexibility index (Phi) is 10.6. The molecule has 0 amide bonds. The third-order valence-electron chi connectivity index (χ3n) is 9.31. The van der Waals surface area contributed by atoms with E-state index in [-0.39, 0.29) is 17.2 Å². The second-order valence-electron chi connectivity index (χ2n) is 12.9. The molecule has 3 aromatic carbocycles. The Balaban J connectivity index is 1.12. The summed E-state index contributed by atoms with van der Waals surface area (Å²) in [6.07, 6.45) is 0. The molecule has 0 radical (unpaired) electrons. The zero-order valence-electron chi connectivity index (χ0n) is 28.5. The highest BCUT2D eigenvalue weighted by atomic mass is 16.3. The van der Waals surface area contributed by atoms with Crippen LogP contribution in [0.2, 0.25) is 0 Å². The van der Waals surface area contributed by atoms with Gasteiger partial charge in [-0.3, -0.25) is 29.7 Å². The molecule has 0 saturated carbocycles. The Morgan fingerprint density at radius 1 is 0.353 bits per heavy atom. The fourth-order valence-corrected chi connectivity index (χ4v) is 6.57. The molecular formula is C42H42N6O3. The van der Waals surface area contributed by atoms with E-state index < -0.39 is 0 Å². The number of phenolic OH excluding ortho intramolecular Hbond substituents is 3. The lowest BCUT2D eigenvalue weighted by molar-refractivity contribution is 0.207. The van der Waals surface area contributed by atoms with E-state index in [1.165, 1.54) is 0 Å². The molecule has 0 aliphatic carbocycles. The Bertz CT molecular complexity index is 1840. The average molecular weight is 679 g/mol. The van der Waals surface area contributed by atoms with Gasteiger partial charge in [-0.25, -0.2) is 0 Å². The van der Waals surface area contributed by atoms with Crippen LogP contribution in [0.1, 0.15) is 17.1 Å². The van der Waals surface area contributed by atoms with Crippen LogP contribution < -0.4 is 0 Å². The van der Waals surface area contributed by atoms with Crippen molar-refractivity contribution in [1.29, 1.82) is 0 Å². The minimum absolute atomic E-state index is 0.219. The van der Waals surface area contributed by atoms with Crippen molar-refractivity contribution < 1.29 is 15.3 Å². The van der Waals surface area contributed by atoms with Crippen LogP contribution >= 0.6 is 0 Å². The average Bonchev–Trinajstić information content (AvgIpc) is 3.23. The van der Waals surface area contributed by atoms with E-state index in [1.54, 1.807) is 18.2 Å². The summed E-state index contributed by atoms with van der Waals surface area (Å²) in [5.74, 6) is 0.657. The normalized spacial score (nSPS) is 14.8. The summed E-state index contributed by atoms with van der Waals surface area (Å²) in [6, 6.07) is 39.9. The van der Waals surface area contributed by atoms with Gasteiger partial charge in [0.05, 0.1) is 34.2 Å². The molecule has 1 saturated heterocycles. The van der Waals surface area contributed by atoms with Gasteiger partial charge in [-0.2, -0.15) is 0 Å². The summed E-state index contributed by atoms with van der Waals surface area (Å²) in [4.78, 5) is 22.2. The van der Waals surface area contributed by atoms with Crippen LogP contribution in [0.15, 0.2) is 127 Å². The summed E-state index contributed by atoms with van der Waals surface area (Å²) in [5.41, 5.74) is 7.26. The SMILES string of the molecule is Oc1ccccc1-c1cccc(CN2CCN(Cc3cccc(-c4ccccc4O)n3)CCN(Cc3cccc(-c4ccccc4O)n3)CC2)n1. The molecule has 7 rings (SSSR count). The third-order valence-corrected chi connectivity index (χ3v) is 9.31. The van der Waals surface area contributed by atoms with Gasteiger partial charge in [0.1, 0.15) is 17.2 Å². The monoisotopic (exact) mass is 678 g/mol. The zero-order valence-corrected chi connectivity index (χ0v) is 28.5. The molecule has 3 aromatic heterocycles. The second kappa shape index (κ2) is 15.9. The van der Waals surface area contributed by atoms with Crippen molar-refractivity contribution in [1.82, 2.24) is 29.7 Å². The number of hydrogen-bond donors (Lipinski definition) is 3. The molecule has 1 fully saturated rings. The predicted octanol–water partition coefficient (Wildman–Crippen LogP) is 6.81. The lowest BCUT2D eigenvalue weighted by Gasteiger charge is -2.25. The van der Waals surface area contributed by atoms with Crippen LogP contribution in [0.3, 0.4) is 0 Å². The first-order valence-corrected chi connectivity index (χ1v) is 17.4. The lowest BCUT2D eigenvalue weighted by atomic mass is 10.1. The molecule has 1 aliphatic rings. The first-order chi connectivity index (χ1) is 25.0. The minimum Gasteiger partial charge on any atom is -0.507 e. The summed E-state index contributed by atoms with van der Waals surface area (Å²) in [7, 11) is 0. The summed E-state index contributed by atoms with van der Waals surface area (Å²) < 4.78 is 0. The van der Waals surface area contributed by atoms with Crippen molar-refractivity contribution in [2.75, 3.05) is 39.3 Å². The fraction of sp³-hybridized carbons (Fsp3) is 0.214. The highest BCUT2D eigenvalue weighted by Crippen LogP contribution is 2.29. The molecule has 0 bridgehead atoms. The van der Waals surface area contributed by atoms with Gasteiger partial charge in [0.25, 0.3) is 0 Å². The Morgan fingerprint density at radius 2 is 0.627 bits per heavy atom. The van der Waals surface area contributed by atoms with Gasteiger partial charge in [-0.05, 0) is 72.8 Å². The van der Waals surface area contributed by atoms with E-state index in [1.807, 2.05) is 91.0 Å². The van der Waals surface area contributed by atoms with Crippen molar-refractivity contribution in [2.24, 2.45) is 0 Å². The molecule has 0 spiro atoms. The fourth-order valence-electron chi connectivity index (χ4n) is 6.57. The number of pyridine rings is 3. The van der Waals surface area contributed by atoms with E-state index in [9.17, 15) is 15.3 Å². The smallest absolute Gasteiger partial charge is 0.124 e. The van der Waals surface area contributed by atoms with Crippen molar-refractivity contribution in [3.63, 3.8) is 0 Å². The zero-order chi connectivity index (χ0) is 35.0. The number of phenols is 3. The van der Waals surface area contributed by atoms with E-state index in [0.717, 1.165) is 90.1 Å². The van der Waals surface area contributed by atoms with E-state index in [0.29, 0.717) is 19.6 Å². The van der Waals surface area contributed by atoms with E-state index in [2.05, 4.69) is 32.9 Å². The maximum Gasteiger partial charge on any atom is 0.124 e. The highest BCUT2D eigenvalue weighted by molar-refractivity contribution is 5.68. The molecule has 9 heteroatoms. The maximum absolute atomic E-state index is 10.5. The van der Waals surface area contributed by atoms with Gasteiger partial charge in [0, 0.05) is 75.6 Å². The molecule has 9 nitrogen and oxygen atoms in total. The van der Waals surface area contributed by atoms with Crippen LogP contribution in [-0.4, -0.2) is 84.2 Å². The van der Waals surface area contributed by atoms with Crippen LogP contribution in [-0.2, 0) is 19.6 Å². The van der Waals surface area contributed by atoms with Gasteiger partial charge >= 0.3 is 0 Å². The second-order valence-corrected chi connectivity index (χ2v) is 12.9. The number of hydrogen-bond acceptors (Lipinski definition) is 9. The highest BCUT2D eigenvalue weighted by Gasteiger charge is 2.20. The summed E-state index contributed by atoms with van der Waals surface area (Å²) in [6.45, 7) is 7.08. The molecule has 6 aromatic rings. The number of para-hydroxylation sites is 3. The Hall–Kier alpha value is -5.61. The molecule has 0 unspecified atom stereocenters. The van der Waals surface area contributed by atoms with Crippen molar-refractivity contribution in [3.8, 4) is 51.0 Å². The largest absolute Gasteiger partial charge is 0.507 e. The Labute approximate surface area is 298 Å². The van der Waals surface area contributed by atoms with Gasteiger partial charge in [0.2, 0.25) is 0 Å². The molecule has 3 N–H and O–H groups in total. The van der Waals surface area contributed by atoms with Crippen molar-refractivity contribution in [3.05, 3.63) is 144 Å². The quantitative estimate of drug-likeness (QED) is 0.152. The van der Waals surface area contributed by atoms with E-state index >= 15 is 0 Å². The number of aromatic nitrogens is 3. The number of nitrogens with zero attached hydrogens (tertiary/aromatic N) is 6. The third kappa shape index (κ3) is 8.59. The number of aromatic hydroxyl groups is 3. The number of rotatable bonds is 9. The number of benzene rings is 3. The van der Waals surface area contributed by atoms with Crippen LogP contribution in [0.25, 0.3) is 33.8 Å². The maximum atomic E-state index is 10.5. The first-order valence-electron chi connectivity index (χ1n) is 17.4. The predicted molar refractivity (Wildman–Crippen MR) is 200 cm³/mol. The molecule has 51 heavy (non-hydrogen) atoms. The topological polar surface area (TPSA) is 109 Å².